The summed E-state index contributed by atoms with van der Waals surface area (Å²) in [5, 5.41) is 7.10. The third kappa shape index (κ3) is 5.91. The predicted molar refractivity (Wildman–Crippen MR) is 245 cm³/mol. The van der Waals surface area contributed by atoms with Gasteiger partial charge in [-0.1, -0.05) is 158 Å². The molecule has 0 bridgehead atoms. The van der Waals surface area contributed by atoms with Crippen LogP contribution in [-0.4, -0.2) is 0 Å². The van der Waals surface area contributed by atoms with E-state index in [9.17, 15) is 0 Å². The van der Waals surface area contributed by atoms with Gasteiger partial charge in [-0.3, -0.25) is 0 Å². The molecule has 0 spiro atoms. The lowest BCUT2D eigenvalue weighted by Gasteiger charge is -2.27. The molecule has 2 nitrogen and oxygen atoms in total. The molecule has 0 saturated heterocycles. The minimum Gasteiger partial charge on any atom is -0.456 e. The molecule has 0 aliphatic carbocycles. The lowest BCUT2D eigenvalue weighted by Crippen LogP contribution is -2.10. The van der Waals surface area contributed by atoms with E-state index >= 15 is 0 Å². The third-order valence-corrected chi connectivity index (χ3v) is 11.4. The van der Waals surface area contributed by atoms with Gasteiger partial charge in [0.05, 0.1) is 11.1 Å². The van der Waals surface area contributed by atoms with Crippen LogP contribution in [0.15, 0.2) is 229 Å². The van der Waals surface area contributed by atoms with Crippen molar-refractivity contribution >= 4 is 60.5 Å². The van der Waals surface area contributed by atoms with Gasteiger partial charge in [-0.2, -0.15) is 0 Å². The summed E-state index contributed by atoms with van der Waals surface area (Å²) in [6.45, 7) is 0. The molecule has 0 aliphatic heterocycles. The zero-order valence-electron chi connectivity index (χ0n) is 31.7. The summed E-state index contributed by atoms with van der Waals surface area (Å²) in [6, 6.07) is 80.7. The van der Waals surface area contributed by atoms with E-state index in [0.717, 1.165) is 39.0 Å². The first-order valence-electron chi connectivity index (χ1n) is 19.8. The molecule has 0 radical (unpaired) electrons. The van der Waals surface area contributed by atoms with Crippen LogP contribution in [0.2, 0.25) is 0 Å². The van der Waals surface area contributed by atoms with Crippen LogP contribution in [0, 0.1) is 0 Å². The Morgan fingerprint density at radius 3 is 1.14 bits per heavy atom. The predicted octanol–water partition coefficient (Wildman–Crippen LogP) is 16.0. The first kappa shape index (κ1) is 33.6. The van der Waals surface area contributed by atoms with Crippen LogP contribution < -0.4 is 4.90 Å². The molecule has 0 fully saturated rings. The van der Waals surface area contributed by atoms with E-state index in [1.807, 2.05) is 6.07 Å². The van der Waals surface area contributed by atoms with Crippen molar-refractivity contribution in [3.8, 4) is 44.5 Å². The van der Waals surface area contributed by atoms with Crippen LogP contribution in [0.4, 0.5) is 17.1 Å². The van der Waals surface area contributed by atoms with Crippen LogP contribution in [0.25, 0.3) is 88.0 Å². The molecule has 0 amide bonds. The molecule has 0 unspecified atom stereocenters. The fourth-order valence-electron chi connectivity index (χ4n) is 8.62. The monoisotopic (exact) mass is 739 g/mol. The van der Waals surface area contributed by atoms with E-state index < -0.39 is 0 Å². The summed E-state index contributed by atoms with van der Waals surface area (Å²) >= 11 is 0. The number of hydrogen-bond donors (Lipinski definition) is 0. The van der Waals surface area contributed by atoms with Gasteiger partial charge in [0.15, 0.2) is 0 Å². The fourth-order valence-corrected chi connectivity index (χ4v) is 8.62. The van der Waals surface area contributed by atoms with Crippen molar-refractivity contribution in [2.75, 3.05) is 4.90 Å². The Kier molecular flexibility index (Phi) is 8.19. The SMILES string of the molecule is c1ccc(-c2cc3ccccc3cc2-c2ccc(N(c3ccc(-c4cc5ccccc5cc4-c4ccccc4)cc3)c3cccc4oc5ccccc5c34)cc2)cc1. The molecule has 10 aromatic carbocycles. The minimum atomic E-state index is 0.865. The summed E-state index contributed by atoms with van der Waals surface area (Å²) in [5.74, 6) is 0. The van der Waals surface area contributed by atoms with E-state index in [-0.39, 0.29) is 0 Å². The van der Waals surface area contributed by atoms with Crippen molar-refractivity contribution in [3.63, 3.8) is 0 Å². The molecule has 0 aliphatic rings. The van der Waals surface area contributed by atoms with Gasteiger partial charge in [0, 0.05) is 16.8 Å². The van der Waals surface area contributed by atoms with Crippen molar-refractivity contribution in [2.24, 2.45) is 0 Å². The van der Waals surface area contributed by atoms with Crippen LogP contribution in [0.5, 0.6) is 0 Å². The zero-order chi connectivity index (χ0) is 38.4. The summed E-state index contributed by atoms with van der Waals surface area (Å²) < 4.78 is 6.42. The van der Waals surface area contributed by atoms with Crippen LogP contribution in [-0.2, 0) is 0 Å². The number of benzene rings is 10. The minimum absolute atomic E-state index is 0.865. The summed E-state index contributed by atoms with van der Waals surface area (Å²) in [4.78, 5) is 2.37. The third-order valence-electron chi connectivity index (χ3n) is 11.4. The number of para-hydroxylation sites is 1. The Morgan fingerprint density at radius 2 is 0.672 bits per heavy atom. The summed E-state index contributed by atoms with van der Waals surface area (Å²) in [5.41, 5.74) is 14.5. The van der Waals surface area contributed by atoms with Crippen molar-refractivity contribution in [1.29, 1.82) is 0 Å². The Morgan fingerprint density at radius 1 is 0.293 bits per heavy atom. The Hall–Kier alpha value is -7.68. The highest BCUT2D eigenvalue weighted by molar-refractivity contribution is 6.13. The maximum Gasteiger partial charge on any atom is 0.137 e. The second-order valence-electron chi connectivity index (χ2n) is 14.9. The number of anilines is 3. The Labute approximate surface area is 337 Å². The van der Waals surface area contributed by atoms with Gasteiger partial charge >= 0.3 is 0 Å². The van der Waals surface area contributed by atoms with E-state index in [1.54, 1.807) is 0 Å². The number of rotatable bonds is 7. The molecular formula is C56H37NO. The molecule has 272 valence electrons. The van der Waals surface area contributed by atoms with E-state index in [4.69, 9.17) is 4.42 Å². The maximum atomic E-state index is 6.42. The average molecular weight is 740 g/mol. The molecule has 0 atom stereocenters. The molecule has 0 saturated carbocycles. The molecule has 2 heteroatoms. The molecule has 1 aromatic heterocycles. The molecule has 58 heavy (non-hydrogen) atoms. The number of fused-ring (bicyclic) bond motifs is 5. The van der Waals surface area contributed by atoms with Crippen LogP contribution in [0.3, 0.4) is 0 Å². The van der Waals surface area contributed by atoms with Gasteiger partial charge in [0.2, 0.25) is 0 Å². The first-order valence-corrected chi connectivity index (χ1v) is 19.8. The highest BCUT2D eigenvalue weighted by Gasteiger charge is 2.20. The molecule has 0 N–H and O–H groups in total. The van der Waals surface area contributed by atoms with Crippen molar-refractivity contribution in [1.82, 2.24) is 0 Å². The van der Waals surface area contributed by atoms with Gasteiger partial charge in [-0.05, 0) is 133 Å². The lowest BCUT2D eigenvalue weighted by molar-refractivity contribution is 0.669. The van der Waals surface area contributed by atoms with Crippen molar-refractivity contribution in [3.05, 3.63) is 224 Å². The van der Waals surface area contributed by atoms with Gasteiger partial charge in [-0.25, -0.2) is 0 Å². The summed E-state index contributed by atoms with van der Waals surface area (Å²) in [7, 11) is 0. The standard InChI is InChI=1S/C56H37NO/c1-3-14-38(15-4-1)49-34-42-18-7-9-20-44(42)36-51(49)40-26-30-46(31-27-40)57(53-23-13-25-55-56(53)48-22-11-12-24-54(48)58-55)47-32-28-41(29-33-47)52-37-45-21-10-8-19-43(45)35-50(52)39-16-5-2-6-17-39/h1-37H. The quantitative estimate of drug-likeness (QED) is 0.162. The first-order chi connectivity index (χ1) is 28.7. The molecule has 11 aromatic rings. The van der Waals surface area contributed by atoms with Crippen LogP contribution >= 0.6 is 0 Å². The second kappa shape index (κ2) is 14.1. The largest absolute Gasteiger partial charge is 0.456 e. The smallest absolute Gasteiger partial charge is 0.137 e. The fraction of sp³-hybridized carbons (Fsp3) is 0. The van der Waals surface area contributed by atoms with Gasteiger partial charge in [0.25, 0.3) is 0 Å². The number of nitrogens with zero attached hydrogens (tertiary/aromatic N) is 1. The highest BCUT2D eigenvalue weighted by Crippen LogP contribution is 2.45. The topological polar surface area (TPSA) is 16.4 Å². The maximum absolute atomic E-state index is 6.42. The van der Waals surface area contributed by atoms with Gasteiger partial charge < -0.3 is 9.32 Å². The van der Waals surface area contributed by atoms with Gasteiger partial charge in [0.1, 0.15) is 11.2 Å². The highest BCUT2D eigenvalue weighted by atomic mass is 16.3. The van der Waals surface area contributed by atoms with Crippen molar-refractivity contribution in [2.45, 2.75) is 0 Å². The molecule has 1 heterocycles. The van der Waals surface area contributed by atoms with E-state index in [2.05, 4.69) is 223 Å². The Bertz CT molecular complexity index is 3090. The lowest BCUT2D eigenvalue weighted by atomic mass is 9.91. The average Bonchev–Trinajstić information content (AvgIpc) is 3.69. The second-order valence-corrected chi connectivity index (χ2v) is 14.9. The van der Waals surface area contributed by atoms with E-state index in [1.165, 1.54) is 66.1 Å². The zero-order valence-corrected chi connectivity index (χ0v) is 31.7. The van der Waals surface area contributed by atoms with Gasteiger partial charge in [-0.15, -0.1) is 0 Å². The summed E-state index contributed by atoms with van der Waals surface area (Å²) in [6.07, 6.45) is 0. The Balaban J connectivity index is 1.07. The van der Waals surface area contributed by atoms with Crippen molar-refractivity contribution < 1.29 is 4.42 Å². The van der Waals surface area contributed by atoms with Crippen LogP contribution in [0.1, 0.15) is 0 Å². The van der Waals surface area contributed by atoms with E-state index in [0.29, 0.717) is 0 Å². The molecular weight excluding hydrogens is 703 g/mol. The normalized spacial score (nSPS) is 11.4. The molecule has 11 rings (SSSR count). The number of hydrogen-bond acceptors (Lipinski definition) is 2. The number of furan rings is 1.